The lowest BCUT2D eigenvalue weighted by Crippen LogP contribution is -3.00. The summed E-state index contributed by atoms with van der Waals surface area (Å²) in [5, 5.41) is 0. The van der Waals surface area contributed by atoms with E-state index in [-0.39, 0.29) is 29.9 Å². The molecule has 0 saturated carbocycles. The van der Waals surface area contributed by atoms with Crippen molar-refractivity contribution in [2.75, 3.05) is 7.11 Å². The minimum absolute atomic E-state index is 0. The van der Waals surface area contributed by atoms with Gasteiger partial charge in [-0.25, -0.2) is 9.36 Å². The Bertz CT molecular complexity index is 312. The smallest absolute Gasteiger partial charge is 0.343 e. The van der Waals surface area contributed by atoms with Gasteiger partial charge in [0.15, 0.2) is 11.9 Å². The SMILES string of the molecule is COC(=O)c1ccc(C)[n+](C)c1.[I-]. The Hall–Kier alpha value is -0.650. The molecule has 4 heteroatoms. The molecule has 1 aromatic rings. The molecule has 0 saturated heterocycles. The molecule has 0 amide bonds. The number of hydrogen-bond acceptors (Lipinski definition) is 2. The molecule has 1 rings (SSSR count). The summed E-state index contributed by atoms with van der Waals surface area (Å²) >= 11 is 0. The van der Waals surface area contributed by atoms with Crippen molar-refractivity contribution in [1.82, 2.24) is 0 Å². The van der Waals surface area contributed by atoms with Gasteiger partial charge in [0, 0.05) is 13.0 Å². The second kappa shape index (κ2) is 5.16. The minimum Gasteiger partial charge on any atom is -1.00 e. The third-order valence-electron chi connectivity index (χ3n) is 1.81. The van der Waals surface area contributed by atoms with Crippen LogP contribution in [0.5, 0.6) is 0 Å². The molecule has 0 aliphatic rings. The van der Waals surface area contributed by atoms with Gasteiger partial charge in [-0.15, -0.1) is 0 Å². The lowest BCUT2D eigenvalue weighted by molar-refractivity contribution is -0.677. The highest BCUT2D eigenvalue weighted by Crippen LogP contribution is 1.98. The summed E-state index contributed by atoms with van der Waals surface area (Å²) < 4.78 is 6.46. The molecule has 1 heterocycles. The topological polar surface area (TPSA) is 30.2 Å². The number of rotatable bonds is 1. The van der Waals surface area contributed by atoms with Crippen molar-refractivity contribution in [3.63, 3.8) is 0 Å². The number of hydrogen-bond donors (Lipinski definition) is 0. The first-order chi connectivity index (χ1) is 5.65. The lowest BCUT2D eigenvalue weighted by Gasteiger charge is -1.97. The Morgan fingerprint density at radius 1 is 1.46 bits per heavy atom. The van der Waals surface area contributed by atoms with Crippen molar-refractivity contribution in [1.29, 1.82) is 0 Å². The van der Waals surface area contributed by atoms with E-state index in [1.807, 2.05) is 24.6 Å². The van der Waals surface area contributed by atoms with Crippen LogP contribution in [0.1, 0.15) is 16.1 Å². The highest BCUT2D eigenvalue weighted by atomic mass is 127. The van der Waals surface area contributed by atoms with Gasteiger partial charge in [0.2, 0.25) is 0 Å². The van der Waals surface area contributed by atoms with Crippen molar-refractivity contribution in [2.24, 2.45) is 7.05 Å². The summed E-state index contributed by atoms with van der Waals surface area (Å²) in [6, 6.07) is 3.63. The summed E-state index contributed by atoms with van der Waals surface area (Å²) in [5.74, 6) is -0.300. The maximum Gasteiger partial charge on any atom is 0.343 e. The van der Waals surface area contributed by atoms with E-state index in [2.05, 4.69) is 4.74 Å². The number of carbonyl (C=O) groups is 1. The summed E-state index contributed by atoms with van der Waals surface area (Å²) in [7, 11) is 3.27. The van der Waals surface area contributed by atoms with Gasteiger partial charge in [0.1, 0.15) is 12.6 Å². The number of esters is 1. The fraction of sp³-hybridized carbons (Fsp3) is 0.333. The Morgan fingerprint density at radius 2 is 2.08 bits per heavy atom. The van der Waals surface area contributed by atoms with Gasteiger partial charge in [0.05, 0.1) is 7.11 Å². The van der Waals surface area contributed by atoms with Gasteiger partial charge in [-0.1, -0.05) is 0 Å². The highest BCUT2D eigenvalue weighted by molar-refractivity contribution is 5.88. The monoisotopic (exact) mass is 293 g/mol. The molecule has 3 nitrogen and oxygen atoms in total. The molecule has 0 fully saturated rings. The van der Waals surface area contributed by atoms with E-state index in [0.717, 1.165) is 5.69 Å². The summed E-state index contributed by atoms with van der Waals surface area (Å²) in [6.07, 6.45) is 1.75. The maximum absolute atomic E-state index is 11.0. The summed E-state index contributed by atoms with van der Waals surface area (Å²) in [6.45, 7) is 1.97. The Labute approximate surface area is 94.7 Å². The quantitative estimate of drug-likeness (QED) is 0.329. The molecule has 1 aromatic heterocycles. The first kappa shape index (κ1) is 12.3. The van der Waals surface area contributed by atoms with E-state index in [9.17, 15) is 4.79 Å². The molecule has 0 aliphatic carbocycles. The largest absolute Gasteiger partial charge is 1.00 e. The Morgan fingerprint density at radius 3 is 2.54 bits per heavy atom. The fourth-order valence-corrected chi connectivity index (χ4v) is 0.920. The van der Waals surface area contributed by atoms with E-state index < -0.39 is 0 Å². The number of ether oxygens (including phenoxy) is 1. The van der Waals surface area contributed by atoms with E-state index in [4.69, 9.17) is 0 Å². The van der Waals surface area contributed by atoms with Crippen LogP contribution in [0.2, 0.25) is 0 Å². The van der Waals surface area contributed by atoms with Crippen LogP contribution in [0.15, 0.2) is 18.3 Å². The zero-order valence-electron chi connectivity index (χ0n) is 7.87. The molecule has 72 valence electrons. The van der Waals surface area contributed by atoms with E-state index in [1.165, 1.54) is 7.11 Å². The average Bonchev–Trinajstić information content (AvgIpc) is 2.08. The number of carbonyl (C=O) groups excluding carboxylic acids is 1. The molecule has 0 N–H and O–H groups in total. The second-order valence-corrected chi connectivity index (χ2v) is 2.66. The van der Waals surface area contributed by atoms with Gasteiger partial charge >= 0.3 is 5.97 Å². The van der Waals surface area contributed by atoms with Crippen LogP contribution in [-0.2, 0) is 11.8 Å². The molecule has 0 unspecified atom stereocenters. The molecule has 13 heavy (non-hydrogen) atoms. The Balaban J connectivity index is 0.00000144. The van der Waals surface area contributed by atoms with Crippen molar-refractivity contribution in [2.45, 2.75) is 6.92 Å². The van der Waals surface area contributed by atoms with Crippen LogP contribution in [-0.4, -0.2) is 13.1 Å². The molecule has 0 bridgehead atoms. The zero-order valence-corrected chi connectivity index (χ0v) is 10.0. The standard InChI is InChI=1S/C9H12NO2.HI/c1-7-4-5-8(6-10(7)2)9(11)12-3;/h4-6H,1-3H3;1H/q+1;/p-1. The first-order valence-corrected chi connectivity index (χ1v) is 3.69. The average molecular weight is 293 g/mol. The predicted octanol–water partition coefficient (Wildman–Crippen LogP) is -2.39. The Kier molecular flexibility index (Phi) is 4.90. The van der Waals surface area contributed by atoms with Crippen molar-refractivity contribution in [3.05, 3.63) is 29.6 Å². The van der Waals surface area contributed by atoms with Gasteiger partial charge in [-0.2, -0.15) is 0 Å². The van der Waals surface area contributed by atoms with Gasteiger partial charge in [0.25, 0.3) is 0 Å². The van der Waals surface area contributed by atoms with Crippen molar-refractivity contribution >= 4 is 5.97 Å². The lowest BCUT2D eigenvalue weighted by atomic mass is 10.2. The first-order valence-electron chi connectivity index (χ1n) is 3.69. The van der Waals surface area contributed by atoms with Crippen LogP contribution in [0.4, 0.5) is 0 Å². The van der Waals surface area contributed by atoms with Crippen LogP contribution in [0.3, 0.4) is 0 Å². The van der Waals surface area contributed by atoms with Crippen LogP contribution < -0.4 is 28.5 Å². The summed E-state index contributed by atoms with van der Waals surface area (Å²) in [5.41, 5.74) is 1.67. The molecule has 0 aliphatic heterocycles. The van der Waals surface area contributed by atoms with Crippen molar-refractivity contribution in [3.8, 4) is 0 Å². The molecule has 0 aromatic carbocycles. The third kappa shape index (κ3) is 2.95. The van der Waals surface area contributed by atoms with Gasteiger partial charge < -0.3 is 28.7 Å². The number of aryl methyl sites for hydroxylation is 2. The molecule has 0 atom stereocenters. The highest BCUT2D eigenvalue weighted by Gasteiger charge is 2.10. The maximum atomic E-state index is 11.0. The molecular weight excluding hydrogens is 281 g/mol. The number of methoxy groups -OCH3 is 1. The van der Waals surface area contributed by atoms with E-state index in [0.29, 0.717) is 5.56 Å². The van der Waals surface area contributed by atoms with E-state index in [1.54, 1.807) is 12.3 Å². The van der Waals surface area contributed by atoms with Crippen LogP contribution in [0.25, 0.3) is 0 Å². The number of halogens is 1. The number of aromatic nitrogens is 1. The zero-order chi connectivity index (χ0) is 9.14. The minimum atomic E-state index is -0.300. The fourth-order valence-electron chi connectivity index (χ4n) is 0.920. The summed E-state index contributed by atoms with van der Waals surface area (Å²) in [4.78, 5) is 11.0. The third-order valence-corrected chi connectivity index (χ3v) is 1.81. The molecular formula is C9H12INO2. The van der Waals surface area contributed by atoms with Gasteiger partial charge in [-0.05, 0) is 6.07 Å². The van der Waals surface area contributed by atoms with Crippen LogP contribution in [0, 0.1) is 6.92 Å². The second-order valence-electron chi connectivity index (χ2n) is 2.66. The molecule has 0 spiro atoms. The van der Waals surface area contributed by atoms with Crippen molar-refractivity contribution < 1.29 is 38.1 Å². The number of nitrogens with zero attached hydrogens (tertiary/aromatic N) is 1. The van der Waals surface area contributed by atoms with E-state index >= 15 is 0 Å². The number of pyridine rings is 1. The predicted molar refractivity (Wildman–Crippen MR) is 43.7 cm³/mol. The normalized spacial score (nSPS) is 8.85. The van der Waals surface area contributed by atoms with Gasteiger partial charge in [-0.3, -0.25) is 0 Å². The van der Waals surface area contributed by atoms with Crippen LogP contribution >= 0.6 is 0 Å². The molecule has 0 radical (unpaired) electrons.